The summed E-state index contributed by atoms with van der Waals surface area (Å²) in [6.07, 6.45) is 1.58. The molecule has 1 heterocycles. The van der Waals surface area contributed by atoms with Gasteiger partial charge in [0, 0.05) is 16.6 Å². The summed E-state index contributed by atoms with van der Waals surface area (Å²) in [4.78, 5) is 26.8. The van der Waals surface area contributed by atoms with E-state index in [1.54, 1.807) is 36.4 Å². The number of ketones is 1. The Kier molecular flexibility index (Phi) is 5.75. The van der Waals surface area contributed by atoms with Crippen LogP contribution < -0.4 is 0 Å². The number of hydrogen-bond donors (Lipinski definition) is 1. The molecule has 1 aliphatic rings. The average Bonchev–Trinajstić information content (AvgIpc) is 2.91. The van der Waals surface area contributed by atoms with Crippen LogP contribution in [0.1, 0.15) is 36.9 Å². The zero-order valence-electron chi connectivity index (χ0n) is 14.8. The molecule has 27 heavy (non-hydrogen) atoms. The molecule has 0 bridgehead atoms. The number of Topliss-reactive ketones (excluding diaryl/α,β-unsaturated/α-hetero) is 1. The van der Waals surface area contributed by atoms with Crippen LogP contribution in [0.2, 0.25) is 0 Å². The van der Waals surface area contributed by atoms with Gasteiger partial charge in [-0.2, -0.15) is 0 Å². The van der Waals surface area contributed by atoms with Gasteiger partial charge < -0.3 is 10.0 Å². The van der Waals surface area contributed by atoms with Crippen molar-refractivity contribution >= 4 is 33.4 Å². The van der Waals surface area contributed by atoms with E-state index in [1.165, 1.54) is 17.0 Å². The highest BCUT2D eigenvalue weighted by Gasteiger charge is 2.45. The number of carbonyl (C=O) groups excluding carboxylic acids is 2. The highest BCUT2D eigenvalue weighted by Crippen LogP contribution is 2.39. The summed E-state index contributed by atoms with van der Waals surface area (Å²) in [6, 6.07) is 11.7. The summed E-state index contributed by atoms with van der Waals surface area (Å²) in [7, 11) is 0. The van der Waals surface area contributed by atoms with E-state index in [1.807, 2.05) is 6.92 Å². The van der Waals surface area contributed by atoms with Crippen molar-refractivity contribution in [1.82, 2.24) is 4.90 Å². The third-order valence-electron chi connectivity index (χ3n) is 4.60. The lowest BCUT2D eigenvalue weighted by Gasteiger charge is -2.25. The molecule has 3 rings (SSSR count). The summed E-state index contributed by atoms with van der Waals surface area (Å²) in [5.41, 5.74) is 1.06. The Morgan fingerprint density at radius 2 is 1.74 bits per heavy atom. The number of hydrogen-bond acceptors (Lipinski definition) is 3. The number of rotatable bonds is 5. The smallest absolute Gasteiger partial charge is 0.295 e. The number of amides is 1. The van der Waals surface area contributed by atoms with Gasteiger partial charge in [0.2, 0.25) is 0 Å². The highest BCUT2D eigenvalue weighted by atomic mass is 79.9. The van der Waals surface area contributed by atoms with Crippen molar-refractivity contribution in [1.29, 1.82) is 0 Å². The molecule has 4 nitrogen and oxygen atoms in total. The van der Waals surface area contributed by atoms with E-state index in [4.69, 9.17) is 0 Å². The number of nitrogens with zero attached hydrogens (tertiary/aromatic N) is 1. The van der Waals surface area contributed by atoms with Crippen molar-refractivity contribution in [3.8, 4) is 0 Å². The normalized spacial score (nSPS) is 18.9. The van der Waals surface area contributed by atoms with Crippen LogP contribution in [0.3, 0.4) is 0 Å². The van der Waals surface area contributed by atoms with E-state index in [9.17, 15) is 19.1 Å². The fraction of sp³-hybridized carbons (Fsp3) is 0.238. The van der Waals surface area contributed by atoms with Gasteiger partial charge in [0.1, 0.15) is 11.6 Å². The molecule has 0 spiro atoms. The fourth-order valence-electron chi connectivity index (χ4n) is 3.19. The van der Waals surface area contributed by atoms with Crippen LogP contribution in [0.25, 0.3) is 5.76 Å². The van der Waals surface area contributed by atoms with Gasteiger partial charge in [0.15, 0.2) is 0 Å². The van der Waals surface area contributed by atoms with Gasteiger partial charge in [-0.1, -0.05) is 53.5 Å². The van der Waals surface area contributed by atoms with Crippen LogP contribution in [-0.4, -0.2) is 28.2 Å². The topological polar surface area (TPSA) is 57.6 Å². The van der Waals surface area contributed by atoms with E-state index >= 15 is 0 Å². The SMILES string of the molecule is CCCCN1C(=O)C(=O)/C(=C(\O)c2ccc(Br)cc2)C1c1ccc(F)cc1. The van der Waals surface area contributed by atoms with Crippen molar-refractivity contribution in [3.63, 3.8) is 0 Å². The molecule has 0 aliphatic carbocycles. The van der Waals surface area contributed by atoms with Crippen LogP contribution in [0.15, 0.2) is 58.6 Å². The first kappa shape index (κ1) is 19.3. The van der Waals surface area contributed by atoms with Crippen LogP contribution in [0.5, 0.6) is 0 Å². The van der Waals surface area contributed by atoms with E-state index < -0.39 is 23.5 Å². The summed E-state index contributed by atoms with van der Waals surface area (Å²) < 4.78 is 14.2. The molecule has 1 amide bonds. The molecule has 140 valence electrons. The van der Waals surface area contributed by atoms with Crippen molar-refractivity contribution in [2.24, 2.45) is 0 Å². The van der Waals surface area contributed by atoms with Gasteiger partial charge in [0.25, 0.3) is 11.7 Å². The van der Waals surface area contributed by atoms with Gasteiger partial charge >= 0.3 is 0 Å². The first-order valence-electron chi connectivity index (χ1n) is 8.74. The van der Waals surface area contributed by atoms with Crippen LogP contribution in [-0.2, 0) is 9.59 Å². The molecule has 1 aliphatic heterocycles. The van der Waals surface area contributed by atoms with E-state index in [0.29, 0.717) is 17.7 Å². The molecule has 6 heteroatoms. The summed E-state index contributed by atoms with van der Waals surface area (Å²) in [5.74, 6) is -2.00. The van der Waals surface area contributed by atoms with E-state index in [0.717, 1.165) is 17.3 Å². The fourth-order valence-corrected chi connectivity index (χ4v) is 3.46. The maximum Gasteiger partial charge on any atom is 0.295 e. The van der Waals surface area contributed by atoms with Gasteiger partial charge in [-0.05, 0) is 36.2 Å². The number of unbranched alkanes of at least 4 members (excludes halogenated alkanes) is 1. The molecule has 0 radical (unpaired) electrons. The van der Waals surface area contributed by atoms with Gasteiger partial charge in [-0.15, -0.1) is 0 Å². The number of aliphatic hydroxyl groups excluding tert-OH is 1. The minimum absolute atomic E-state index is 0.0324. The van der Waals surface area contributed by atoms with Crippen LogP contribution in [0.4, 0.5) is 4.39 Å². The van der Waals surface area contributed by atoms with E-state index in [2.05, 4.69) is 15.9 Å². The number of carbonyl (C=O) groups is 2. The molecule has 0 saturated carbocycles. The van der Waals surface area contributed by atoms with E-state index in [-0.39, 0.29) is 11.3 Å². The first-order chi connectivity index (χ1) is 12.9. The van der Waals surface area contributed by atoms with Gasteiger partial charge in [-0.25, -0.2) is 4.39 Å². The second-order valence-corrected chi connectivity index (χ2v) is 7.32. The molecule has 1 fully saturated rings. The number of benzene rings is 2. The summed E-state index contributed by atoms with van der Waals surface area (Å²) in [6.45, 7) is 2.38. The van der Waals surface area contributed by atoms with Crippen LogP contribution >= 0.6 is 15.9 Å². The van der Waals surface area contributed by atoms with Gasteiger partial charge in [0.05, 0.1) is 11.6 Å². The maximum atomic E-state index is 13.4. The Bertz CT molecular complexity index is 891. The Labute approximate surface area is 165 Å². The second-order valence-electron chi connectivity index (χ2n) is 6.40. The molecule has 2 aromatic carbocycles. The highest BCUT2D eigenvalue weighted by molar-refractivity contribution is 9.10. The predicted octanol–water partition coefficient (Wildman–Crippen LogP) is 4.81. The average molecular weight is 432 g/mol. The van der Waals surface area contributed by atoms with Crippen molar-refractivity contribution in [3.05, 3.63) is 75.5 Å². The Hall–Kier alpha value is -2.47. The monoisotopic (exact) mass is 431 g/mol. The molecule has 1 saturated heterocycles. The Morgan fingerprint density at radius 1 is 1.11 bits per heavy atom. The lowest BCUT2D eigenvalue weighted by molar-refractivity contribution is -0.139. The number of aliphatic hydroxyl groups is 1. The summed E-state index contributed by atoms with van der Waals surface area (Å²) in [5, 5.41) is 10.8. The largest absolute Gasteiger partial charge is 0.507 e. The first-order valence-corrected chi connectivity index (χ1v) is 9.53. The standard InChI is InChI=1S/C21H19BrFNO3/c1-2-3-12-24-18(13-6-10-16(23)11-7-13)17(20(26)21(24)27)19(25)14-4-8-15(22)9-5-14/h4-11,18,25H,2-3,12H2,1H3/b19-17-. The zero-order valence-corrected chi connectivity index (χ0v) is 16.4. The predicted molar refractivity (Wildman–Crippen MR) is 104 cm³/mol. The van der Waals surface area contributed by atoms with Gasteiger partial charge in [-0.3, -0.25) is 9.59 Å². The Morgan fingerprint density at radius 3 is 2.33 bits per heavy atom. The lowest BCUT2D eigenvalue weighted by atomic mass is 9.95. The molecule has 0 aromatic heterocycles. The van der Waals surface area contributed by atoms with Crippen LogP contribution in [0, 0.1) is 5.82 Å². The maximum absolute atomic E-state index is 13.4. The number of halogens is 2. The quantitative estimate of drug-likeness (QED) is 0.419. The lowest BCUT2D eigenvalue weighted by Crippen LogP contribution is -2.30. The Balaban J connectivity index is 2.14. The molecule has 1 N–H and O–H groups in total. The molecular formula is C21H19BrFNO3. The molecule has 2 aromatic rings. The minimum Gasteiger partial charge on any atom is -0.507 e. The third kappa shape index (κ3) is 3.81. The van der Waals surface area contributed by atoms with Crippen molar-refractivity contribution in [2.75, 3.05) is 6.54 Å². The van der Waals surface area contributed by atoms with Crippen molar-refractivity contribution in [2.45, 2.75) is 25.8 Å². The van der Waals surface area contributed by atoms with Crippen molar-refractivity contribution < 1.29 is 19.1 Å². The summed E-state index contributed by atoms with van der Waals surface area (Å²) >= 11 is 3.33. The zero-order chi connectivity index (χ0) is 19.6. The third-order valence-corrected chi connectivity index (χ3v) is 5.12. The minimum atomic E-state index is -0.735. The second kappa shape index (κ2) is 8.05. The number of likely N-dealkylation sites (tertiary alicyclic amines) is 1. The molecular weight excluding hydrogens is 413 g/mol. The molecule has 1 unspecified atom stereocenters. The molecule has 1 atom stereocenters.